The summed E-state index contributed by atoms with van der Waals surface area (Å²) in [6.45, 7) is 6.43. The number of hydrogen-bond acceptors (Lipinski definition) is 3. The molecule has 5 nitrogen and oxygen atoms in total. The molecule has 1 unspecified atom stereocenters. The smallest absolute Gasteiger partial charge is 0.237 e. The van der Waals surface area contributed by atoms with Crippen LogP contribution < -0.4 is 10.6 Å². The van der Waals surface area contributed by atoms with Crippen molar-refractivity contribution in [1.82, 2.24) is 20.2 Å². The minimum Gasteiger partial charge on any atom is -0.351 e. The summed E-state index contributed by atoms with van der Waals surface area (Å²) in [4.78, 5) is 15.7. The largest absolute Gasteiger partial charge is 0.351 e. The quantitative estimate of drug-likeness (QED) is 0.676. The zero-order valence-electron chi connectivity index (χ0n) is 9.73. The highest BCUT2D eigenvalue weighted by Gasteiger charge is 2.11. The fraction of sp³-hybridized carbons (Fsp3) is 0.455. The lowest BCUT2D eigenvalue weighted by atomic mass is 10.3. The number of carbonyl (C=O) groups is 1. The van der Waals surface area contributed by atoms with Crippen molar-refractivity contribution in [3.05, 3.63) is 30.9 Å². The molecule has 5 heteroatoms. The van der Waals surface area contributed by atoms with Gasteiger partial charge in [-0.1, -0.05) is 6.08 Å². The standard InChI is InChI=1S/C11H18N4O/c1-4-5-13-11(16)9(2)14-8-10-12-6-7-15(10)3/h4,6-7,9,14H,1,5,8H2,2-3H3,(H,13,16). The predicted molar refractivity (Wildman–Crippen MR) is 62.7 cm³/mol. The van der Waals surface area contributed by atoms with Gasteiger partial charge in [0.15, 0.2) is 0 Å². The number of hydrogen-bond donors (Lipinski definition) is 2. The van der Waals surface area contributed by atoms with Crippen molar-refractivity contribution in [2.45, 2.75) is 19.5 Å². The van der Waals surface area contributed by atoms with Crippen molar-refractivity contribution in [1.29, 1.82) is 0 Å². The molecule has 0 aliphatic heterocycles. The second-order valence-corrected chi connectivity index (χ2v) is 3.59. The van der Waals surface area contributed by atoms with E-state index >= 15 is 0 Å². The molecular weight excluding hydrogens is 204 g/mol. The number of nitrogens with one attached hydrogen (secondary N) is 2. The number of imidazole rings is 1. The zero-order chi connectivity index (χ0) is 12.0. The van der Waals surface area contributed by atoms with E-state index in [1.54, 1.807) is 12.3 Å². The molecule has 0 aliphatic rings. The van der Waals surface area contributed by atoms with Crippen LogP contribution in [0, 0.1) is 0 Å². The van der Waals surface area contributed by atoms with Crippen LogP contribution in [0.1, 0.15) is 12.7 Å². The van der Waals surface area contributed by atoms with Gasteiger partial charge in [0.05, 0.1) is 12.6 Å². The normalized spacial score (nSPS) is 12.1. The number of carbonyl (C=O) groups excluding carboxylic acids is 1. The molecule has 2 N–H and O–H groups in total. The fourth-order valence-electron chi connectivity index (χ4n) is 1.23. The van der Waals surface area contributed by atoms with E-state index < -0.39 is 0 Å². The molecule has 88 valence electrons. The average Bonchev–Trinajstić information content (AvgIpc) is 2.68. The maximum Gasteiger partial charge on any atom is 0.237 e. The Morgan fingerprint density at radius 2 is 2.50 bits per heavy atom. The van der Waals surface area contributed by atoms with Crippen LogP contribution in [0.3, 0.4) is 0 Å². The third kappa shape index (κ3) is 3.51. The molecule has 1 amide bonds. The molecule has 0 fully saturated rings. The van der Waals surface area contributed by atoms with E-state index in [9.17, 15) is 4.79 Å². The monoisotopic (exact) mass is 222 g/mol. The van der Waals surface area contributed by atoms with Crippen molar-refractivity contribution in [3.8, 4) is 0 Å². The van der Waals surface area contributed by atoms with Crippen LogP contribution in [0.2, 0.25) is 0 Å². The number of rotatable bonds is 6. The van der Waals surface area contributed by atoms with Crippen molar-refractivity contribution in [3.63, 3.8) is 0 Å². The molecule has 1 rings (SSSR count). The minimum atomic E-state index is -0.239. The first-order valence-corrected chi connectivity index (χ1v) is 5.23. The number of nitrogens with zero attached hydrogens (tertiary/aromatic N) is 2. The van der Waals surface area contributed by atoms with Gasteiger partial charge in [-0.15, -0.1) is 6.58 Å². The highest BCUT2D eigenvalue weighted by molar-refractivity contribution is 5.81. The summed E-state index contributed by atoms with van der Waals surface area (Å²) in [6, 6.07) is -0.239. The van der Waals surface area contributed by atoms with Crippen LogP contribution in [-0.4, -0.2) is 28.0 Å². The molecule has 0 saturated carbocycles. The lowest BCUT2D eigenvalue weighted by Crippen LogP contribution is -2.42. The molecular formula is C11H18N4O. The lowest BCUT2D eigenvalue weighted by Gasteiger charge is -2.12. The molecule has 0 radical (unpaired) electrons. The molecule has 0 bridgehead atoms. The van der Waals surface area contributed by atoms with E-state index in [2.05, 4.69) is 22.2 Å². The second kappa shape index (κ2) is 6.07. The summed E-state index contributed by atoms with van der Waals surface area (Å²) in [5.41, 5.74) is 0. The molecule has 0 aliphatic carbocycles. The Hall–Kier alpha value is -1.62. The average molecular weight is 222 g/mol. The fourth-order valence-corrected chi connectivity index (χ4v) is 1.23. The van der Waals surface area contributed by atoms with Crippen LogP contribution in [0.4, 0.5) is 0 Å². The third-order valence-electron chi connectivity index (χ3n) is 2.30. The van der Waals surface area contributed by atoms with Gasteiger partial charge >= 0.3 is 0 Å². The number of amides is 1. The Balaban J connectivity index is 2.35. The van der Waals surface area contributed by atoms with Crippen molar-refractivity contribution in [2.75, 3.05) is 6.54 Å². The van der Waals surface area contributed by atoms with E-state index in [1.807, 2.05) is 24.7 Å². The number of aryl methyl sites for hydroxylation is 1. The molecule has 0 aromatic carbocycles. The molecule has 1 aromatic heterocycles. The lowest BCUT2D eigenvalue weighted by molar-refractivity contribution is -0.122. The molecule has 0 spiro atoms. The summed E-state index contributed by atoms with van der Waals surface area (Å²) < 4.78 is 1.92. The van der Waals surface area contributed by atoms with Crippen LogP contribution in [0.5, 0.6) is 0 Å². The second-order valence-electron chi connectivity index (χ2n) is 3.59. The van der Waals surface area contributed by atoms with Gasteiger partial charge in [-0.05, 0) is 6.92 Å². The number of aromatic nitrogens is 2. The first-order chi connectivity index (χ1) is 7.65. The van der Waals surface area contributed by atoms with Crippen LogP contribution in [0.15, 0.2) is 25.0 Å². The van der Waals surface area contributed by atoms with E-state index in [4.69, 9.17) is 0 Å². The molecule has 1 atom stereocenters. The van der Waals surface area contributed by atoms with Gasteiger partial charge in [0, 0.05) is 26.0 Å². The Labute approximate surface area is 95.6 Å². The van der Waals surface area contributed by atoms with Gasteiger partial charge in [0.25, 0.3) is 0 Å². The topological polar surface area (TPSA) is 59.0 Å². The van der Waals surface area contributed by atoms with Gasteiger partial charge in [-0.2, -0.15) is 0 Å². The molecule has 0 saturated heterocycles. The van der Waals surface area contributed by atoms with Crippen molar-refractivity contribution >= 4 is 5.91 Å². The third-order valence-corrected chi connectivity index (χ3v) is 2.30. The summed E-state index contributed by atoms with van der Waals surface area (Å²) >= 11 is 0. The van der Waals surface area contributed by atoms with E-state index in [-0.39, 0.29) is 11.9 Å². The summed E-state index contributed by atoms with van der Waals surface area (Å²) in [7, 11) is 1.92. The first kappa shape index (κ1) is 12.4. The summed E-state index contributed by atoms with van der Waals surface area (Å²) in [5.74, 6) is 0.873. The minimum absolute atomic E-state index is 0.0332. The van der Waals surface area contributed by atoms with Gasteiger partial charge in [0.1, 0.15) is 5.82 Å². The van der Waals surface area contributed by atoms with Crippen LogP contribution in [0.25, 0.3) is 0 Å². The Kier molecular flexibility index (Phi) is 4.72. The highest BCUT2D eigenvalue weighted by atomic mass is 16.2. The van der Waals surface area contributed by atoms with Gasteiger partial charge in [-0.3, -0.25) is 10.1 Å². The van der Waals surface area contributed by atoms with Gasteiger partial charge in [0.2, 0.25) is 5.91 Å². The van der Waals surface area contributed by atoms with E-state index in [0.29, 0.717) is 13.1 Å². The van der Waals surface area contributed by atoms with E-state index in [0.717, 1.165) is 5.82 Å². The molecule has 16 heavy (non-hydrogen) atoms. The van der Waals surface area contributed by atoms with Crippen molar-refractivity contribution in [2.24, 2.45) is 7.05 Å². The van der Waals surface area contributed by atoms with E-state index in [1.165, 1.54) is 0 Å². The van der Waals surface area contributed by atoms with Crippen LogP contribution >= 0.6 is 0 Å². The van der Waals surface area contributed by atoms with Gasteiger partial charge < -0.3 is 9.88 Å². The summed E-state index contributed by atoms with van der Waals surface area (Å²) in [5, 5.41) is 5.83. The highest BCUT2D eigenvalue weighted by Crippen LogP contribution is 1.94. The summed E-state index contributed by atoms with van der Waals surface area (Å²) in [6.07, 6.45) is 5.27. The van der Waals surface area contributed by atoms with Gasteiger partial charge in [-0.25, -0.2) is 4.98 Å². The van der Waals surface area contributed by atoms with Crippen LogP contribution in [-0.2, 0) is 18.4 Å². The maximum absolute atomic E-state index is 11.5. The Morgan fingerprint density at radius 3 is 3.06 bits per heavy atom. The Morgan fingerprint density at radius 1 is 1.75 bits per heavy atom. The first-order valence-electron chi connectivity index (χ1n) is 5.23. The zero-order valence-corrected chi connectivity index (χ0v) is 9.73. The predicted octanol–water partition coefficient (Wildman–Crippen LogP) is 0.200. The van der Waals surface area contributed by atoms with Crippen molar-refractivity contribution < 1.29 is 4.79 Å². The molecule has 1 aromatic rings. The molecule has 1 heterocycles. The Bertz CT molecular complexity index is 359. The SMILES string of the molecule is C=CCNC(=O)C(C)NCc1nccn1C. The maximum atomic E-state index is 11.5.